The highest BCUT2D eigenvalue weighted by Crippen LogP contribution is 2.12. The number of hydrogen-bond donors (Lipinski definition) is 1. The smallest absolute Gasteiger partial charge is 0.410 e. The molecule has 1 radical (unpaired) electrons. The standard InChI is InChI=1S/C15H22BN2O3/c1-20-16-17-14-8-5-10-18(11-9-14)15(19)21-12-13-6-3-2-4-7-13/h2-4,6-7,14,17H,5,8-12H2,1H3/t14-/m0/s1. The van der Waals surface area contributed by atoms with Crippen LogP contribution in [0.1, 0.15) is 24.8 Å². The first-order valence-electron chi connectivity index (χ1n) is 7.36. The molecule has 113 valence electrons. The Labute approximate surface area is 126 Å². The van der Waals surface area contributed by atoms with Crippen LogP contribution in [-0.2, 0) is 16.0 Å². The van der Waals surface area contributed by atoms with Crippen LogP contribution in [0.3, 0.4) is 0 Å². The predicted molar refractivity (Wildman–Crippen MR) is 81.7 cm³/mol. The Morgan fingerprint density at radius 1 is 1.33 bits per heavy atom. The lowest BCUT2D eigenvalue weighted by molar-refractivity contribution is 0.0973. The zero-order chi connectivity index (χ0) is 14.9. The fourth-order valence-corrected chi connectivity index (χ4v) is 2.42. The molecular formula is C15H22BN2O3. The summed E-state index contributed by atoms with van der Waals surface area (Å²) in [7, 11) is 3.23. The normalized spacial score (nSPS) is 18.9. The summed E-state index contributed by atoms with van der Waals surface area (Å²) in [5.41, 5.74) is 1.01. The second-order valence-corrected chi connectivity index (χ2v) is 5.18. The molecule has 1 heterocycles. The molecule has 0 unspecified atom stereocenters. The molecule has 6 heteroatoms. The van der Waals surface area contributed by atoms with Gasteiger partial charge in [-0.3, -0.25) is 0 Å². The lowest BCUT2D eigenvalue weighted by Crippen LogP contribution is -2.36. The van der Waals surface area contributed by atoms with Crippen molar-refractivity contribution in [3.63, 3.8) is 0 Å². The van der Waals surface area contributed by atoms with E-state index in [4.69, 9.17) is 9.39 Å². The minimum Gasteiger partial charge on any atom is -0.445 e. The van der Waals surface area contributed by atoms with Gasteiger partial charge in [-0.15, -0.1) is 0 Å². The van der Waals surface area contributed by atoms with E-state index in [1.165, 1.54) is 0 Å². The number of nitrogens with zero attached hydrogens (tertiary/aromatic N) is 1. The van der Waals surface area contributed by atoms with Crippen molar-refractivity contribution in [3.8, 4) is 0 Å². The van der Waals surface area contributed by atoms with Crippen LogP contribution in [0.2, 0.25) is 0 Å². The first kappa shape index (κ1) is 15.9. The lowest BCUT2D eigenvalue weighted by Gasteiger charge is -2.20. The van der Waals surface area contributed by atoms with Gasteiger partial charge in [-0.25, -0.2) is 4.79 Å². The minimum absolute atomic E-state index is 0.227. The molecule has 1 aliphatic rings. The topological polar surface area (TPSA) is 50.8 Å². The quantitative estimate of drug-likeness (QED) is 0.842. The Morgan fingerprint density at radius 2 is 2.14 bits per heavy atom. The van der Waals surface area contributed by atoms with Gasteiger partial charge in [0.15, 0.2) is 0 Å². The summed E-state index contributed by atoms with van der Waals surface area (Å²) in [4.78, 5) is 13.9. The van der Waals surface area contributed by atoms with E-state index in [-0.39, 0.29) is 6.09 Å². The maximum Gasteiger partial charge on any atom is 0.410 e. The number of benzene rings is 1. The Morgan fingerprint density at radius 3 is 2.90 bits per heavy atom. The molecule has 0 bridgehead atoms. The van der Waals surface area contributed by atoms with Crippen LogP contribution in [0.4, 0.5) is 4.79 Å². The van der Waals surface area contributed by atoms with Gasteiger partial charge < -0.3 is 19.5 Å². The summed E-state index contributed by atoms with van der Waals surface area (Å²) in [6.07, 6.45) is 2.67. The lowest BCUT2D eigenvalue weighted by atomic mass is 10.1. The number of amides is 1. The van der Waals surface area contributed by atoms with Crippen LogP contribution in [0.5, 0.6) is 0 Å². The number of nitrogens with one attached hydrogen (secondary N) is 1. The molecule has 1 aromatic carbocycles. The first-order chi connectivity index (χ1) is 10.3. The molecule has 2 rings (SSSR count). The zero-order valence-corrected chi connectivity index (χ0v) is 12.5. The molecule has 0 aliphatic carbocycles. The highest BCUT2D eigenvalue weighted by Gasteiger charge is 2.21. The molecule has 1 N–H and O–H groups in total. The monoisotopic (exact) mass is 289 g/mol. The highest BCUT2D eigenvalue weighted by molar-refractivity contribution is 6.23. The third-order valence-electron chi connectivity index (χ3n) is 3.61. The average Bonchev–Trinajstić information content (AvgIpc) is 2.77. The summed E-state index contributed by atoms with van der Waals surface area (Å²) in [6.45, 7) is 1.79. The van der Waals surface area contributed by atoms with Gasteiger partial charge in [-0.2, -0.15) is 0 Å². The molecule has 1 aliphatic heterocycles. The molecule has 1 aromatic rings. The van der Waals surface area contributed by atoms with E-state index in [0.29, 0.717) is 19.2 Å². The molecular weight excluding hydrogens is 267 g/mol. The fraction of sp³-hybridized carbons (Fsp3) is 0.533. The molecule has 0 aromatic heterocycles. The van der Waals surface area contributed by atoms with Gasteiger partial charge in [0.05, 0.1) is 0 Å². The van der Waals surface area contributed by atoms with Crippen molar-refractivity contribution in [2.45, 2.75) is 31.9 Å². The van der Waals surface area contributed by atoms with Crippen LogP contribution in [0.15, 0.2) is 30.3 Å². The van der Waals surface area contributed by atoms with Crippen LogP contribution in [0, 0.1) is 0 Å². The van der Waals surface area contributed by atoms with E-state index >= 15 is 0 Å². The molecule has 21 heavy (non-hydrogen) atoms. The number of likely N-dealkylation sites (tertiary alicyclic amines) is 1. The van der Waals surface area contributed by atoms with Crippen molar-refractivity contribution in [2.75, 3.05) is 20.2 Å². The molecule has 1 amide bonds. The van der Waals surface area contributed by atoms with Gasteiger partial charge in [0.2, 0.25) is 0 Å². The van der Waals surface area contributed by atoms with Crippen LogP contribution >= 0.6 is 0 Å². The first-order valence-corrected chi connectivity index (χ1v) is 7.36. The maximum atomic E-state index is 12.1. The Hall–Kier alpha value is -1.53. The van der Waals surface area contributed by atoms with Gasteiger partial charge in [-0.05, 0) is 30.9 Å². The van der Waals surface area contributed by atoms with Crippen molar-refractivity contribution < 1.29 is 14.2 Å². The molecule has 1 saturated heterocycles. The van der Waals surface area contributed by atoms with E-state index in [0.717, 1.165) is 31.4 Å². The summed E-state index contributed by atoms with van der Waals surface area (Å²) in [5.74, 6) is 0. The van der Waals surface area contributed by atoms with Gasteiger partial charge in [0.25, 0.3) is 0 Å². The van der Waals surface area contributed by atoms with E-state index in [1.807, 2.05) is 30.3 Å². The van der Waals surface area contributed by atoms with Gasteiger partial charge >= 0.3 is 13.7 Å². The van der Waals surface area contributed by atoms with Crippen molar-refractivity contribution in [1.82, 2.24) is 10.1 Å². The molecule has 1 fully saturated rings. The number of ether oxygens (including phenoxy) is 1. The SMILES string of the molecule is CO[B]N[C@H]1CCCN(C(=O)OCc2ccccc2)CC1. The molecule has 5 nitrogen and oxygen atoms in total. The predicted octanol–water partition coefficient (Wildman–Crippen LogP) is 1.95. The van der Waals surface area contributed by atoms with Crippen LogP contribution < -0.4 is 5.23 Å². The van der Waals surface area contributed by atoms with E-state index < -0.39 is 0 Å². The van der Waals surface area contributed by atoms with Crippen molar-refractivity contribution >= 4 is 13.7 Å². The van der Waals surface area contributed by atoms with E-state index in [2.05, 4.69) is 5.23 Å². The Bertz CT molecular complexity index is 430. The van der Waals surface area contributed by atoms with Crippen LogP contribution in [0.25, 0.3) is 0 Å². The third-order valence-corrected chi connectivity index (χ3v) is 3.61. The Kier molecular flexibility index (Phi) is 6.56. The third kappa shape index (κ3) is 5.40. The summed E-state index contributed by atoms with van der Waals surface area (Å²) in [6, 6.07) is 10.1. The van der Waals surface area contributed by atoms with Gasteiger partial charge in [0, 0.05) is 20.2 Å². The molecule has 0 saturated carbocycles. The minimum atomic E-state index is -0.227. The number of rotatable bonds is 5. The summed E-state index contributed by atoms with van der Waals surface area (Å²) in [5, 5.41) is 3.20. The second-order valence-electron chi connectivity index (χ2n) is 5.18. The largest absolute Gasteiger partial charge is 0.445 e. The van der Waals surface area contributed by atoms with Gasteiger partial charge in [-0.1, -0.05) is 30.3 Å². The second kappa shape index (κ2) is 8.69. The Balaban J connectivity index is 1.75. The molecule has 0 spiro atoms. The fourth-order valence-electron chi connectivity index (χ4n) is 2.42. The average molecular weight is 289 g/mol. The summed E-state index contributed by atoms with van der Waals surface area (Å²) < 4.78 is 10.3. The number of hydrogen-bond acceptors (Lipinski definition) is 4. The number of carbonyl (C=O) groups is 1. The van der Waals surface area contributed by atoms with Crippen LogP contribution in [-0.4, -0.2) is 44.9 Å². The van der Waals surface area contributed by atoms with E-state index in [1.54, 1.807) is 19.6 Å². The zero-order valence-electron chi connectivity index (χ0n) is 12.5. The summed E-state index contributed by atoms with van der Waals surface area (Å²) >= 11 is 0. The number of carbonyl (C=O) groups excluding carboxylic acids is 1. The van der Waals surface area contributed by atoms with Crippen molar-refractivity contribution in [2.24, 2.45) is 0 Å². The van der Waals surface area contributed by atoms with E-state index in [9.17, 15) is 4.79 Å². The maximum absolute atomic E-state index is 12.1. The molecule has 1 atom stereocenters. The highest BCUT2D eigenvalue weighted by atomic mass is 16.6. The van der Waals surface area contributed by atoms with Crippen molar-refractivity contribution in [3.05, 3.63) is 35.9 Å². The van der Waals surface area contributed by atoms with Gasteiger partial charge in [0.1, 0.15) is 6.61 Å². The van der Waals surface area contributed by atoms with Crippen molar-refractivity contribution in [1.29, 1.82) is 0 Å².